The maximum Gasteiger partial charge on any atom is 0.310 e. The van der Waals surface area contributed by atoms with Crippen molar-refractivity contribution in [2.45, 2.75) is 38.6 Å². The second-order valence-corrected chi connectivity index (χ2v) is 8.45. The van der Waals surface area contributed by atoms with Crippen molar-refractivity contribution in [2.24, 2.45) is 29.6 Å². The summed E-state index contributed by atoms with van der Waals surface area (Å²) < 4.78 is 5.35. The molecule has 5 heteroatoms. The second-order valence-electron chi connectivity index (χ2n) is 7.42. The molecule has 0 aliphatic heterocycles. The highest BCUT2D eigenvalue weighted by atomic mass is 32.1. The smallest absolute Gasteiger partial charge is 0.310 e. The van der Waals surface area contributed by atoms with Crippen molar-refractivity contribution in [2.75, 3.05) is 6.61 Å². The Morgan fingerprint density at radius 1 is 1.13 bits per heavy atom. The molecule has 4 bridgehead atoms. The molecule has 0 radical (unpaired) electrons. The quantitative estimate of drug-likeness (QED) is 0.843. The fourth-order valence-electron chi connectivity index (χ4n) is 5.19. The van der Waals surface area contributed by atoms with Crippen molar-refractivity contribution in [3.63, 3.8) is 0 Å². The first-order valence-corrected chi connectivity index (χ1v) is 9.52. The standard InChI is InChI=1S/C18H23NO3S/c20-16(19-9-15-2-1-3-23-15)10-22-18(21)17-13-5-11-4-12(7-13)8-14(17)6-11/h1-3,11-14,17H,4-10H2,(H,19,20). The minimum Gasteiger partial charge on any atom is -0.455 e. The number of ether oxygens (including phenoxy) is 1. The first-order chi connectivity index (χ1) is 11.2. The third-order valence-electron chi connectivity index (χ3n) is 5.88. The lowest BCUT2D eigenvalue weighted by molar-refractivity contribution is -0.164. The van der Waals surface area contributed by atoms with Gasteiger partial charge in [0.05, 0.1) is 12.5 Å². The molecule has 5 rings (SSSR count). The largest absolute Gasteiger partial charge is 0.455 e. The van der Waals surface area contributed by atoms with Gasteiger partial charge in [-0.1, -0.05) is 6.07 Å². The van der Waals surface area contributed by atoms with Crippen molar-refractivity contribution in [3.8, 4) is 0 Å². The Kier molecular flexibility index (Phi) is 4.14. The van der Waals surface area contributed by atoms with Gasteiger partial charge in [-0.3, -0.25) is 9.59 Å². The van der Waals surface area contributed by atoms with E-state index in [2.05, 4.69) is 5.32 Å². The fourth-order valence-corrected chi connectivity index (χ4v) is 5.84. The molecule has 4 aliphatic rings. The lowest BCUT2D eigenvalue weighted by Gasteiger charge is -2.53. The lowest BCUT2D eigenvalue weighted by atomic mass is 9.52. The molecule has 4 fully saturated rings. The molecule has 1 aromatic rings. The summed E-state index contributed by atoms with van der Waals surface area (Å²) in [6, 6.07) is 3.93. The van der Waals surface area contributed by atoms with Crippen molar-refractivity contribution < 1.29 is 14.3 Å². The molecule has 1 heterocycles. The maximum atomic E-state index is 12.5. The number of hydrogen-bond acceptors (Lipinski definition) is 4. The molecule has 0 unspecified atom stereocenters. The molecule has 124 valence electrons. The van der Waals surface area contributed by atoms with Crippen molar-refractivity contribution in [1.82, 2.24) is 5.32 Å². The van der Waals surface area contributed by atoms with Gasteiger partial charge in [0.25, 0.3) is 5.91 Å². The normalized spacial score (nSPS) is 34.3. The van der Waals surface area contributed by atoms with E-state index in [0.717, 1.165) is 16.7 Å². The first-order valence-electron chi connectivity index (χ1n) is 8.64. The molecular weight excluding hydrogens is 310 g/mol. The van der Waals surface area contributed by atoms with Crippen molar-refractivity contribution >= 4 is 23.2 Å². The van der Waals surface area contributed by atoms with Crippen LogP contribution in [0.2, 0.25) is 0 Å². The van der Waals surface area contributed by atoms with Crippen molar-refractivity contribution in [3.05, 3.63) is 22.4 Å². The van der Waals surface area contributed by atoms with Gasteiger partial charge in [0.2, 0.25) is 0 Å². The minimum atomic E-state index is -0.212. The van der Waals surface area contributed by atoms with E-state index in [0.29, 0.717) is 18.4 Å². The number of amides is 1. The third kappa shape index (κ3) is 3.16. The van der Waals surface area contributed by atoms with E-state index in [4.69, 9.17) is 4.74 Å². The van der Waals surface area contributed by atoms with Crippen LogP contribution in [-0.4, -0.2) is 18.5 Å². The summed E-state index contributed by atoms with van der Waals surface area (Å²) in [7, 11) is 0. The third-order valence-corrected chi connectivity index (χ3v) is 6.76. The van der Waals surface area contributed by atoms with Crippen LogP contribution in [0.4, 0.5) is 0 Å². The number of esters is 1. The van der Waals surface area contributed by atoms with Gasteiger partial charge in [0.1, 0.15) is 0 Å². The number of rotatable bonds is 5. The SMILES string of the molecule is O=C(COC(=O)C1C2CC3CC(C2)CC1C3)NCc1cccs1. The van der Waals surface area contributed by atoms with Crippen LogP contribution in [0.5, 0.6) is 0 Å². The monoisotopic (exact) mass is 333 g/mol. The molecule has 0 atom stereocenters. The van der Waals surface area contributed by atoms with E-state index in [1.807, 2.05) is 17.5 Å². The van der Waals surface area contributed by atoms with Gasteiger partial charge in [0.15, 0.2) is 6.61 Å². The highest BCUT2D eigenvalue weighted by Crippen LogP contribution is 2.56. The summed E-state index contributed by atoms with van der Waals surface area (Å²) >= 11 is 1.60. The van der Waals surface area contributed by atoms with Crippen molar-refractivity contribution in [1.29, 1.82) is 0 Å². The molecule has 1 aromatic heterocycles. The molecule has 1 N–H and O–H groups in total. The Balaban J connectivity index is 1.26. The van der Waals surface area contributed by atoms with E-state index in [1.165, 1.54) is 32.1 Å². The number of hydrogen-bond donors (Lipinski definition) is 1. The summed E-state index contributed by atoms with van der Waals surface area (Å²) in [4.78, 5) is 25.4. The number of nitrogens with one attached hydrogen (secondary N) is 1. The Bertz CT molecular complexity index is 555. The predicted octanol–water partition coefficient (Wildman–Crippen LogP) is 2.98. The van der Waals surface area contributed by atoms with E-state index >= 15 is 0 Å². The zero-order chi connectivity index (χ0) is 15.8. The number of carbonyl (C=O) groups is 2. The van der Waals surface area contributed by atoms with Gasteiger partial charge in [-0.15, -0.1) is 11.3 Å². The summed E-state index contributed by atoms with van der Waals surface area (Å²) in [5.41, 5.74) is 0. The van der Waals surface area contributed by atoms with Crippen LogP contribution < -0.4 is 5.32 Å². The number of carbonyl (C=O) groups excluding carboxylic acids is 2. The zero-order valence-electron chi connectivity index (χ0n) is 13.2. The molecule has 4 aliphatic carbocycles. The molecule has 23 heavy (non-hydrogen) atoms. The van der Waals surface area contributed by atoms with Gasteiger partial charge in [-0.25, -0.2) is 0 Å². The Morgan fingerprint density at radius 3 is 2.43 bits per heavy atom. The van der Waals surface area contributed by atoms with Gasteiger partial charge < -0.3 is 10.1 Å². The van der Waals surface area contributed by atoms with Crippen LogP contribution >= 0.6 is 11.3 Å². The van der Waals surface area contributed by atoms with Crippen LogP contribution in [0.15, 0.2) is 17.5 Å². The maximum absolute atomic E-state index is 12.5. The van der Waals surface area contributed by atoms with E-state index in [1.54, 1.807) is 11.3 Å². The van der Waals surface area contributed by atoms with Gasteiger partial charge in [0, 0.05) is 4.88 Å². The molecule has 0 aromatic carbocycles. The van der Waals surface area contributed by atoms with E-state index in [-0.39, 0.29) is 24.4 Å². The zero-order valence-corrected chi connectivity index (χ0v) is 14.0. The van der Waals surface area contributed by atoms with E-state index < -0.39 is 0 Å². The van der Waals surface area contributed by atoms with Crippen LogP contribution in [0.3, 0.4) is 0 Å². The predicted molar refractivity (Wildman–Crippen MR) is 87.7 cm³/mol. The Labute approximate surface area is 140 Å². The molecular formula is C18H23NO3S. The summed E-state index contributed by atoms with van der Waals surface area (Å²) in [6.45, 7) is 0.360. The number of thiophene rings is 1. The highest BCUT2D eigenvalue weighted by Gasteiger charge is 2.51. The fraction of sp³-hybridized carbons (Fsp3) is 0.667. The second kappa shape index (κ2) is 6.27. The molecule has 4 saturated carbocycles. The average molecular weight is 333 g/mol. The Hall–Kier alpha value is -1.36. The van der Waals surface area contributed by atoms with Crippen LogP contribution in [0, 0.1) is 29.6 Å². The molecule has 0 spiro atoms. The molecule has 0 saturated heterocycles. The Morgan fingerprint density at radius 2 is 1.83 bits per heavy atom. The van der Waals surface area contributed by atoms with Gasteiger partial charge in [-0.05, 0) is 67.2 Å². The highest BCUT2D eigenvalue weighted by molar-refractivity contribution is 7.09. The lowest BCUT2D eigenvalue weighted by Crippen LogP contribution is -2.48. The summed E-state index contributed by atoms with van der Waals surface area (Å²) in [5, 5.41) is 4.78. The van der Waals surface area contributed by atoms with E-state index in [9.17, 15) is 9.59 Å². The topological polar surface area (TPSA) is 55.4 Å². The van der Waals surface area contributed by atoms with Gasteiger partial charge in [-0.2, -0.15) is 0 Å². The molecule has 4 nitrogen and oxygen atoms in total. The minimum absolute atomic E-state index is 0.0490. The summed E-state index contributed by atoms with van der Waals surface area (Å²) in [6.07, 6.45) is 6.14. The van der Waals surface area contributed by atoms with Gasteiger partial charge >= 0.3 is 5.97 Å². The van der Waals surface area contributed by atoms with Crippen LogP contribution in [0.25, 0.3) is 0 Å². The van der Waals surface area contributed by atoms with Crippen LogP contribution in [-0.2, 0) is 20.9 Å². The average Bonchev–Trinajstić information content (AvgIpc) is 3.03. The summed E-state index contributed by atoms with van der Waals surface area (Å²) in [5.74, 6) is 2.40. The molecule has 1 amide bonds. The first kappa shape index (κ1) is 15.2. The van der Waals surface area contributed by atoms with Crippen LogP contribution in [0.1, 0.15) is 37.0 Å².